The Labute approximate surface area is 352 Å². The Kier molecular flexibility index (Phi) is 7.04. The second kappa shape index (κ2) is 12.5. The smallest absolute Gasteiger partial charge is 0.0440 e. The number of hydrogen-bond donors (Lipinski definition) is 0. The van der Waals surface area contributed by atoms with Crippen LogP contribution < -0.4 is 0 Å². The molecule has 11 aromatic carbocycles. The highest BCUT2D eigenvalue weighted by Gasteiger charge is 2.38. The lowest BCUT2D eigenvalue weighted by molar-refractivity contribution is 0.661. The molecule has 0 amide bonds. The average Bonchev–Trinajstić information content (AvgIpc) is 3.79. The molecule has 0 fully saturated rings. The van der Waals surface area contributed by atoms with Crippen molar-refractivity contribution in [1.82, 2.24) is 0 Å². The number of fused-ring (bicyclic) bond motifs is 12. The third-order valence-electron chi connectivity index (χ3n) is 13.6. The second-order valence-corrected chi connectivity index (χ2v) is 18.1. The topological polar surface area (TPSA) is 0 Å². The average molecular weight is 779 g/mol. The Morgan fingerprint density at radius 3 is 1.43 bits per heavy atom. The molecule has 60 heavy (non-hydrogen) atoms. The molecule has 0 bridgehead atoms. The summed E-state index contributed by atoms with van der Waals surface area (Å²) in [7, 11) is 0. The first kappa shape index (κ1) is 33.9. The maximum atomic E-state index is 2.55. The van der Waals surface area contributed by atoms with Gasteiger partial charge in [-0.2, -0.15) is 0 Å². The first-order valence-electron chi connectivity index (χ1n) is 21.0. The summed E-state index contributed by atoms with van der Waals surface area (Å²) in [5, 5.41) is 15.5. The van der Waals surface area contributed by atoms with Crippen molar-refractivity contribution in [3.8, 4) is 44.5 Å². The molecule has 0 atom stereocenters. The van der Waals surface area contributed by atoms with Gasteiger partial charge in [0, 0.05) is 31.2 Å². The standard InChI is InChI=1S/C59H38S/c1-59(2)50-29-14-13-27-48(50)56-51(59)34-49-55-38-20-6-4-17-36(38)30-33-52(55)60-58(49)57(56)47-32-31-46(39-21-7-8-22-40(39)47)54-44-25-11-9-23-42(44)53(43-24-10-12-26-45(43)54)41-28-15-18-35-16-3-5-19-37(35)41/h3-34H,1-2H3. The van der Waals surface area contributed by atoms with Crippen LogP contribution in [-0.2, 0) is 5.41 Å². The van der Waals surface area contributed by atoms with E-state index in [1.54, 1.807) is 0 Å². The summed E-state index contributed by atoms with van der Waals surface area (Å²) < 4.78 is 2.70. The molecule has 1 aliphatic carbocycles. The van der Waals surface area contributed by atoms with E-state index in [4.69, 9.17) is 0 Å². The molecule has 0 nitrogen and oxygen atoms in total. The summed E-state index contributed by atoms with van der Waals surface area (Å²) in [4.78, 5) is 0. The van der Waals surface area contributed by atoms with Gasteiger partial charge < -0.3 is 0 Å². The van der Waals surface area contributed by atoms with Gasteiger partial charge in [-0.15, -0.1) is 11.3 Å². The number of benzene rings is 11. The fraction of sp³-hybridized carbons (Fsp3) is 0.0508. The van der Waals surface area contributed by atoms with Crippen LogP contribution in [0.4, 0.5) is 0 Å². The molecule has 1 heterocycles. The predicted molar refractivity (Wildman–Crippen MR) is 261 cm³/mol. The minimum atomic E-state index is -0.146. The lowest BCUT2D eigenvalue weighted by atomic mass is 9.80. The Balaban J connectivity index is 1.15. The van der Waals surface area contributed by atoms with Crippen LogP contribution in [0.1, 0.15) is 25.0 Å². The molecule has 280 valence electrons. The molecule has 0 spiro atoms. The zero-order chi connectivity index (χ0) is 39.7. The first-order chi connectivity index (χ1) is 29.6. The van der Waals surface area contributed by atoms with Crippen LogP contribution in [0.25, 0.3) is 119 Å². The molecular formula is C59H38S. The van der Waals surface area contributed by atoms with Crippen molar-refractivity contribution in [3.63, 3.8) is 0 Å². The largest absolute Gasteiger partial charge is 0.134 e. The van der Waals surface area contributed by atoms with Crippen molar-refractivity contribution in [2.75, 3.05) is 0 Å². The lowest BCUT2D eigenvalue weighted by Crippen LogP contribution is -2.14. The van der Waals surface area contributed by atoms with Crippen molar-refractivity contribution in [2.45, 2.75) is 19.3 Å². The molecule has 1 heteroatoms. The van der Waals surface area contributed by atoms with E-state index in [0.29, 0.717) is 0 Å². The van der Waals surface area contributed by atoms with Gasteiger partial charge in [-0.3, -0.25) is 0 Å². The zero-order valence-electron chi connectivity index (χ0n) is 33.4. The van der Waals surface area contributed by atoms with Gasteiger partial charge in [0.15, 0.2) is 0 Å². The van der Waals surface area contributed by atoms with E-state index in [9.17, 15) is 0 Å². The Morgan fingerprint density at radius 1 is 0.317 bits per heavy atom. The van der Waals surface area contributed by atoms with Crippen LogP contribution in [0.2, 0.25) is 0 Å². The minimum absolute atomic E-state index is 0.146. The highest BCUT2D eigenvalue weighted by molar-refractivity contribution is 7.26. The number of hydrogen-bond acceptors (Lipinski definition) is 1. The van der Waals surface area contributed by atoms with Crippen molar-refractivity contribution < 1.29 is 0 Å². The zero-order valence-corrected chi connectivity index (χ0v) is 34.2. The second-order valence-electron chi connectivity index (χ2n) is 17.1. The van der Waals surface area contributed by atoms with Gasteiger partial charge in [-0.05, 0) is 116 Å². The molecule has 1 aromatic heterocycles. The van der Waals surface area contributed by atoms with Crippen LogP contribution in [0, 0.1) is 0 Å². The molecule has 1 aliphatic rings. The van der Waals surface area contributed by atoms with Crippen molar-refractivity contribution >= 4 is 85.4 Å². The van der Waals surface area contributed by atoms with E-state index in [-0.39, 0.29) is 5.41 Å². The van der Waals surface area contributed by atoms with Crippen LogP contribution >= 0.6 is 11.3 Å². The lowest BCUT2D eigenvalue weighted by Gasteiger charge is -2.23. The monoisotopic (exact) mass is 778 g/mol. The SMILES string of the molecule is CC1(C)c2ccccc2-c2c1cc1c(sc3ccc4ccccc4c31)c2-c1ccc(-c2c3ccccc3c(-c3cccc4ccccc34)c3ccccc23)c2ccccc12. The van der Waals surface area contributed by atoms with Crippen LogP contribution in [0.15, 0.2) is 194 Å². The summed E-state index contributed by atoms with van der Waals surface area (Å²) in [5.74, 6) is 0. The van der Waals surface area contributed by atoms with Gasteiger partial charge in [0.05, 0.1) is 0 Å². The molecule has 12 aromatic rings. The highest BCUT2D eigenvalue weighted by atomic mass is 32.1. The van der Waals surface area contributed by atoms with Gasteiger partial charge in [-0.25, -0.2) is 0 Å². The van der Waals surface area contributed by atoms with E-state index >= 15 is 0 Å². The quantitative estimate of drug-likeness (QED) is 0.157. The van der Waals surface area contributed by atoms with E-state index in [1.165, 1.54) is 130 Å². The predicted octanol–water partition coefficient (Wildman–Crippen LogP) is 17.1. The van der Waals surface area contributed by atoms with Crippen LogP contribution in [-0.4, -0.2) is 0 Å². The van der Waals surface area contributed by atoms with Crippen molar-refractivity contribution in [3.05, 3.63) is 205 Å². The summed E-state index contributed by atoms with van der Waals surface area (Å²) >= 11 is 1.95. The van der Waals surface area contributed by atoms with E-state index in [0.717, 1.165) is 0 Å². The summed E-state index contributed by atoms with van der Waals surface area (Å²) in [6.45, 7) is 4.83. The van der Waals surface area contributed by atoms with Gasteiger partial charge in [0.25, 0.3) is 0 Å². The summed E-state index contributed by atoms with van der Waals surface area (Å²) in [6.07, 6.45) is 0. The molecule has 0 saturated carbocycles. The normalized spacial score (nSPS) is 13.3. The molecule has 0 radical (unpaired) electrons. The van der Waals surface area contributed by atoms with E-state index < -0.39 is 0 Å². The molecule has 13 rings (SSSR count). The first-order valence-corrected chi connectivity index (χ1v) is 21.8. The van der Waals surface area contributed by atoms with Crippen molar-refractivity contribution in [2.24, 2.45) is 0 Å². The van der Waals surface area contributed by atoms with E-state index in [2.05, 4.69) is 208 Å². The fourth-order valence-electron chi connectivity index (χ4n) is 11.0. The van der Waals surface area contributed by atoms with Gasteiger partial charge in [-0.1, -0.05) is 196 Å². The maximum Gasteiger partial charge on any atom is 0.0440 e. The van der Waals surface area contributed by atoms with Gasteiger partial charge in [0.2, 0.25) is 0 Å². The fourth-order valence-corrected chi connectivity index (χ4v) is 12.3. The van der Waals surface area contributed by atoms with Crippen LogP contribution in [0.3, 0.4) is 0 Å². The van der Waals surface area contributed by atoms with Crippen LogP contribution in [0.5, 0.6) is 0 Å². The third kappa shape index (κ3) is 4.56. The van der Waals surface area contributed by atoms with E-state index in [1.807, 2.05) is 11.3 Å². The molecule has 0 saturated heterocycles. The van der Waals surface area contributed by atoms with Gasteiger partial charge >= 0.3 is 0 Å². The Bertz CT molecular complexity index is 3740. The minimum Gasteiger partial charge on any atom is -0.134 e. The molecule has 0 unspecified atom stereocenters. The molecule has 0 N–H and O–H groups in total. The summed E-state index contributed by atoms with van der Waals surface area (Å²) in [5.41, 5.74) is 13.2. The number of thiophene rings is 1. The third-order valence-corrected chi connectivity index (χ3v) is 14.8. The highest BCUT2D eigenvalue weighted by Crippen LogP contribution is 2.58. The van der Waals surface area contributed by atoms with Gasteiger partial charge in [0.1, 0.15) is 0 Å². The molecule has 0 aliphatic heterocycles. The maximum absolute atomic E-state index is 2.55. The Morgan fingerprint density at radius 2 is 0.783 bits per heavy atom. The van der Waals surface area contributed by atoms with Crippen molar-refractivity contribution in [1.29, 1.82) is 0 Å². The summed E-state index contributed by atoms with van der Waals surface area (Å²) in [6, 6.07) is 72.9. The molecular weight excluding hydrogens is 741 g/mol. The Hall–Kier alpha value is -7.06. The number of rotatable bonds is 3.